The Morgan fingerprint density at radius 1 is 0.970 bits per heavy atom. The molecular formula is C26H20ClNO5. The van der Waals surface area contributed by atoms with Gasteiger partial charge in [-0.05, 0) is 48.4 Å². The Labute approximate surface area is 195 Å². The molecule has 1 N–H and O–H groups in total. The van der Waals surface area contributed by atoms with Gasteiger partial charge >= 0.3 is 0 Å². The van der Waals surface area contributed by atoms with Gasteiger partial charge in [0.1, 0.15) is 0 Å². The Bertz CT molecular complexity index is 1270. The Balaban J connectivity index is 1.48. The molecule has 1 amide bonds. The number of methoxy groups -OCH3 is 1. The molecule has 0 heterocycles. The fourth-order valence-electron chi connectivity index (χ4n) is 3.54. The van der Waals surface area contributed by atoms with Crippen LogP contribution in [0.15, 0.2) is 66.2 Å². The van der Waals surface area contributed by atoms with Gasteiger partial charge in [0, 0.05) is 21.8 Å². The van der Waals surface area contributed by atoms with Gasteiger partial charge in [-0.3, -0.25) is 14.4 Å². The summed E-state index contributed by atoms with van der Waals surface area (Å²) in [7, 11) is 1.47. The number of halogens is 1. The van der Waals surface area contributed by atoms with E-state index in [4.69, 9.17) is 21.1 Å². The minimum Gasteiger partial charge on any atom is -0.493 e. The van der Waals surface area contributed by atoms with Crippen molar-refractivity contribution in [3.05, 3.63) is 93.5 Å². The van der Waals surface area contributed by atoms with Crippen molar-refractivity contribution in [2.45, 2.75) is 6.92 Å². The number of hydrogen-bond acceptors (Lipinski definition) is 5. The number of allylic oxidation sites excluding steroid dienone is 1. The van der Waals surface area contributed by atoms with E-state index < -0.39 is 0 Å². The molecule has 0 fully saturated rings. The highest BCUT2D eigenvalue weighted by atomic mass is 35.5. The van der Waals surface area contributed by atoms with Crippen LogP contribution < -0.4 is 14.8 Å². The summed E-state index contributed by atoms with van der Waals surface area (Å²) in [5.41, 5.74) is 2.88. The van der Waals surface area contributed by atoms with Gasteiger partial charge in [-0.2, -0.15) is 0 Å². The van der Waals surface area contributed by atoms with Crippen molar-refractivity contribution < 1.29 is 23.9 Å². The van der Waals surface area contributed by atoms with Crippen LogP contribution in [0.25, 0.3) is 6.08 Å². The first-order valence-corrected chi connectivity index (χ1v) is 10.5. The number of carbonyl (C=O) groups is 3. The molecule has 3 aromatic carbocycles. The maximum absolute atomic E-state index is 12.6. The van der Waals surface area contributed by atoms with Gasteiger partial charge in [-0.25, -0.2) is 0 Å². The van der Waals surface area contributed by atoms with Crippen molar-refractivity contribution in [2.24, 2.45) is 0 Å². The second-order valence-electron chi connectivity index (χ2n) is 7.42. The first kappa shape index (κ1) is 22.3. The molecule has 0 bridgehead atoms. The Hall–Kier alpha value is -3.90. The fourth-order valence-corrected chi connectivity index (χ4v) is 3.71. The molecule has 166 valence electrons. The second-order valence-corrected chi connectivity index (χ2v) is 7.83. The minimum absolute atomic E-state index is 0.100. The number of anilines is 1. The Kier molecular flexibility index (Phi) is 6.29. The summed E-state index contributed by atoms with van der Waals surface area (Å²) in [4.78, 5) is 37.5. The summed E-state index contributed by atoms with van der Waals surface area (Å²) in [6.45, 7) is 1.57. The van der Waals surface area contributed by atoms with E-state index in [-0.39, 0.29) is 29.7 Å². The first-order valence-electron chi connectivity index (χ1n) is 10.1. The van der Waals surface area contributed by atoms with E-state index >= 15 is 0 Å². The van der Waals surface area contributed by atoms with Crippen molar-refractivity contribution >= 4 is 40.8 Å². The van der Waals surface area contributed by atoms with Crippen molar-refractivity contribution in [3.8, 4) is 11.5 Å². The molecule has 7 heteroatoms. The molecule has 3 aromatic rings. The molecule has 33 heavy (non-hydrogen) atoms. The van der Waals surface area contributed by atoms with Gasteiger partial charge in [0.25, 0.3) is 5.91 Å². The third-order valence-corrected chi connectivity index (χ3v) is 5.71. The van der Waals surface area contributed by atoms with Crippen LogP contribution in [0.2, 0.25) is 5.02 Å². The van der Waals surface area contributed by atoms with Gasteiger partial charge < -0.3 is 14.8 Å². The number of ether oxygens (including phenoxy) is 2. The van der Waals surface area contributed by atoms with Crippen molar-refractivity contribution in [3.63, 3.8) is 0 Å². The summed E-state index contributed by atoms with van der Waals surface area (Å²) in [5, 5.41) is 3.32. The van der Waals surface area contributed by atoms with E-state index in [1.165, 1.54) is 13.2 Å². The Morgan fingerprint density at radius 2 is 1.67 bits per heavy atom. The molecule has 0 unspecified atom stereocenters. The lowest BCUT2D eigenvalue weighted by atomic mass is 10.1. The minimum atomic E-state index is -0.353. The fraction of sp³-hybridized carbons (Fsp3) is 0.115. The topological polar surface area (TPSA) is 81.7 Å². The molecule has 0 saturated heterocycles. The van der Waals surface area contributed by atoms with Crippen molar-refractivity contribution in [1.82, 2.24) is 0 Å². The summed E-state index contributed by atoms with van der Waals surface area (Å²) < 4.78 is 11.0. The van der Waals surface area contributed by atoms with Crippen LogP contribution in [0.3, 0.4) is 0 Å². The van der Waals surface area contributed by atoms with Crippen molar-refractivity contribution in [2.75, 3.05) is 19.0 Å². The second kappa shape index (κ2) is 9.30. The maximum atomic E-state index is 12.6. The predicted octanol–water partition coefficient (Wildman–Crippen LogP) is 5.14. The van der Waals surface area contributed by atoms with Crippen LogP contribution in [0.1, 0.15) is 31.8 Å². The zero-order valence-corrected chi connectivity index (χ0v) is 18.7. The summed E-state index contributed by atoms with van der Waals surface area (Å²) in [6, 6.07) is 17.0. The monoisotopic (exact) mass is 461 g/mol. The first-order chi connectivity index (χ1) is 15.9. The molecule has 0 aromatic heterocycles. The maximum Gasteiger partial charge on any atom is 0.262 e. The van der Waals surface area contributed by atoms with E-state index in [2.05, 4.69) is 5.32 Å². The SMILES string of the molecule is COc1cc(C=C2C(=O)c3ccccc3C2=O)ccc1OCC(=O)Nc1cccc(Cl)c1C. The number of rotatable bonds is 6. The van der Waals surface area contributed by atoms with Crippen LogP contribution in [-0.4, -0.2) is 31.2 Å². The average molecular weight is 462 g/mol. The average Bonchev–Trinajstić information content (AvgIpc) is 3.06. The lowest BCUT2D eigenvalue weighted by Crippen LogP contribution is -2.20. The van der Waals surface area contributed by atoms with Gasteiger partial charge in [0.2, 0.25) is 0 Å². The molecule has 0 spiro atoms. The molecule has 0 atom stereocenters. The zero-order chi connectivity index (χ0) is 23.5. The molecule has 0 aliphatic heterocycles. The predicted molar refractivity (Wildman–Crippen MR) is 126 cm³/mol. The number of hydrogen-bond donors (Lipinski definition) is 1. The third kappa shape index (κ3) is 4.52. The van der Waals surface area contributed by atoms with Gasteiger partial charge in [-0.15, -0.1) is 0 Å². The van der Waals surface area contributed by atoms with Gasteiger partial charge in [0.15, 0.2) is 29.7 Å². The number of fused-ring (bicyclic) bond motifs is 1. The van der Waals surface area contributed by atoms with Crippen LogP contribution in [-0.2, 0) is 4.79 Å². The normalized spacial score (nSPS) is 12.4. The summed E-state index contributed by atoms with van der Waals surface area (Å²) in [6.07, 6.45) is 1.53. The summed E-state index contributed by atoms with van der Waals surface area (Å²) >= 11 is 6.08. The number of Topliss-reactive ketones (excluding diaryl/α,β-unsaturated/α-hetero) is 2. The molecule has 1 aliphatic rings. The van der Waals surface area contributed by atoms with E-state index in [0.717, 1.165) is 5.56 Å². The zero-order valence-electron chi connectivity index (χ0n) is 18.0. The molecule has 1 aliphatic carbocycles. The van der Waals surface area contributed by atoms with Crippen LogP contribution in [0.5, 0.6) is 11.5 Å². The van der Waals surface area contributed by atoms with Crippen LogP contribution in [0, 0.1) is 6.92 Å². The highest BCUT2D eigenvalue weighted by Gasteiger charge is 2.32. The van der Waals surface area contributed by atoms with E-state index in [1.807, 2.05) is 6.92 Å². The third-order valence-electron chi connectivity index (χ3n) is 5.30. The van der Waals surface area contributed by atoms with Gasteiger partial charge in [0.05, 0.1) is 12.7 Å². The van der Waals surface area contributed by atoms with Crippen molar-refractivity contribution in [1.29, 1.82) is 0 Å². The number of ketones is 2. The lowest BCUT2D eigenvalue weighted by molar-refractivity contribution is -0.118. The quantitative estimate of drug-likeness (QED) is 0.406. The standard InChI is InChI=1S/C26H20ClNO5/c1-15-20(27)8-5-9-21(15)28-24(29)14-33-22-11-10-16(13-23(22)32-2)12-19-25(30)17-6-3-4-7-18(17)26(19)31/h3-13H,14H2,1-2H3,(H,28,29). The molecule has 6 nitrogen and oxygen atoms in total. The highest BCUT2D eigenvalue weighted by molar-refractivity contribution is 6.41. The van der Waals surface area contributed by atoms with E-state index in [0.29, 0.717) is 38.9 Å². The number of benzene rings is 3. The highest BCUT2D eigenvalue weighted by Crippen LogP contribution is 2.32. The van der Waals surface area contributed by atoms with E-state index in [1.54, 1.807) is 60.7 Å². The smallest absolute Gasteiger partial charge is 0.262 e. The largest absolute Gasteiger partial charge is 0.493 e. The number of nitrogens with one attached hydrogen (secondary N) is 1. The number of amides is 1. The molecule has 0 saturated carbocycles. The molecule has 4 rings (SSSR count). The van der Waals surface area contributed by atoms with Crippen LogP contribution >= 0.6 is 11.6 Å². The number of carbonyl (C=O) groups excluding carboxylic acids is 3. The van der Waals surface area contributed by atoms with E-state index in [9.17, 15) is 14.4 Å². The summed E-state index contributed by atoms with van der Waals surface area (Å²) in [5.74, 6) is -0.240. The van der Waals surface area contributed by atoms with Crippen LogP contribution in [0.4, 0.5) is 5.69 Å². The molecule has 0 radical (unpaired) electrons. The lowest BCUT2D eigenvalue weighted by Gasteiger charge is -2.13. The van der Waals surface area contributed by atoms with Gasteiger partial charge in [-0.1, -0.05) is 48.0 Å². The Morgan fingerprint density at radius 3 is 2.33 bits per heavy atom. The molecular weight excluding hydrogens is 442 g/mol.